The van der Waals surface area contributed by atoms with Crippen LogP contribution in [0, 0.1) is 11.8 Å². The summed E-state index contributed by atoms with van der Waals surface area (Å²) in [4.78, 5) is 14.6. The summed E-state index contributed by atoms with van der Waals surface area (Å²) in [7, 11) is -0.550. The van der Waals surface area contributed by atoms with Crippen molar-refractivity contribution in [1.29, 1.82) is 0 Å². The number of aliphatic hydroxyl groups is 1. The van der Waals surface area contributed by atoms with Crippen LogP contribution >= 0.6 is 0 Å². The van der Waals surface area contributed by atoms with Gasteiger partial charge in [0.2, 0.25) is 15.9 Å². The van der Waals surface area contributed by atoms with Crippen LogP contribution in [-0.2, 0) is 14.8 Å². The molecule has 1 heterocycles. The fraction of sp³-hybridized carbons (Fsp3) is 0.519. The van der Waals surface area contributed by atoms with Crippen LogP contribution < -0.4 is 9.47 Å². The minimum absolute atomic E-state index is 0.0549. The highest BCUT2D eigenvalue weighted by atomic mass is 32.2. The number of amides is 1. The van der Waals surface area contributed by atoms with Gasteiger partial charge in [-0.05, 0) is 55.2 Å². The van der Waals surface area contributed by atoms with E-state index in [0.29, 0.717) is 12.3 Å². The van der Waals surface area contributed by atoms with Gasteiger partial charge in [0.25, 0.3) is 0 Å². The minimum Gasteiger partial charge on any atom is -0.497 e. The first kappa shape index (κ1) is 26.4. The number of fused-ring (bicyclic) bond motifs is 1. The van der Waals surface area contributed by atoms with Gasteiger partial charge >= 0.3 is 0 Å². The number of carbonyl (C=O) groups is 1. The molecule has 1 saturated carbocycles. The summed E-state index contributed by atoms with van der Waals surface area (Å²) >= 11 is 0. The van der Waals surface area contributed by atoms with Crippen LogP contribution in [0.25, 0.3) is 11.1 Å². The summed E-state index contributed by atoms with van der Waals surface area (Å²) in [6.07, 6.45) is 2.48. The fourth-order valence-corrected chi connectivity index (χ4v) is 6.58. The third-order valence-electron chi connectivity index (χ3n) is 7.35. The van der Waals surface area contributed by atoms with Gasteiger partial charge < -0.3 is 19.5 Å². The second-order valence-electron chi connectivity index (χ2n) is 9.98. The summed E-state index contributed by atoms with van der Waals surface area (Å²) in [6, 6.07) is 12.0. The van der Waals surface area contributed by atoms with Crippen molar-refractivity contribution in [1.82, 2.24) is 9.21 Å². The van der Waals surface area contributed by atoms with Gasteiger partial charge in [0.15, 0.2) is 0 Å². The first-order valence-electron chi connectivity index (χ1n) is 12.5. The molecule has 8 nitrogen and oxygen atoms in total. The van der Waals surface area contributed by atoms with Crippen molar-refractivity contribution in [3.05, 3.63) is 42.5 Å². The fourth-order valence-electron chi connectivity index (χ4n) is 4.75. The lowest BCUT2D eigenvalue weighted by molar-refractivity contribution is -0.138. The molecule has 0 saturated heterocycles. The van der Waals surface area contributed by atoms with Gasteiger partial charge in [-0.1, -0.05) is 31.5 Å². The Hall–Kier alpha value is -2.62. The van der Waals surface area contributed by atoms with Crippen molar-refractivity contribution in [3.63, 3.8) is 0 Å². The number of nitrogens with zero attached hydrogens (tertiary/aromatic N) is 2. The molecule has 1 amide bonds. The molecule has 9 heteroatoms. The number of carbonyl (C=O) groups excluding carboxylic acids is 1. The SMILES string of the molecule is COc1cccc(-c2ccc3c(c2)O[C@@H](CN(C)C(=O)C2CCC2)[C@H](C)CN([C@@H](C)CO)S3(=O)=O)c1. The van der Waals surface area contributed by atoms with Crippen LogP contribution in [0.1, 0.15) is 33.1 Å². The number of hydrogen-bond donors (Lipinski definition) is 1. The Kier molecular flexibility index (Phi) is 7.92. The molecule has 1 N–H and O–H groups in total. The topological polar surface area (TPSA) is 96.4 Å². The molecule has 0 bridgehead atoms. The van der Waals surface area contributed by atoms with E-state index in [2.05, 4.69) is 0 Å². The van der Waals surface area contributed by atoms with Gasteiger partial charge in [-0.2, -0.15) is 4.31 Å². The Bertz CT molecular complexity index is 1200. The van der Waals surface area contributed by atoms with E-state index >= 15 is 0 Å². The summed E-state index contributed by atoms with van der Waals surface area (Å²) < 4.78 is 40.5. The zero-order valence-corrected chi connectivity index (χ0v) is 22.2. The first-order chi connectivity index (χ1) is 17.1. The van der Waals surface area contributed by atoms with E-state index in [1.165, 1.54) is 4.31 Å². The molecular weight excluding hydrogens is 480 g/mol. The molecule has 196 valence electrons. The van der Waals surface area contributed by atoms with Gasteiger partial charge in [0.1, 0.15) is 22.5 Å². The summed E-state index contributed by atoms with van der Waals surface area (Å²) in [5, 5.41) is 9.83. The number of benzene rings is 2. The molecule has 1 fully saturated rings. The van der Waals surface area contributed by atoms with Crippen LogP contribution in [0.2, 0.25) is 0 Å². The molecule has 1 aliphatic heterocycles. The van der Waals surface area contributed by atoms with Crippen LogP contribution in [0.3, 0.4) is 0 Å². The molecule has 1 aliphatic carbocycles. The maximum Gasteiger partial charge on any atom is 0.247 e. The quantitative estimate of drug-likeness (QED) is 0.606. The van der Waals surface area contributed by atoms with Gasteiger partial charge in [-0.15, -0.1) is 0 Å². The average Bonchev–Trinajstić information content (AvgIpc) is 2.84. The first-order valence-corrected chi connectivity index (χ1v) is 13.9. The highest BCUT2D eigenvalue weighted by molar-refractivity contribution is 7.89. The normalized spacial score (nSPS) is 22.8. The molecule has 3 atom stereocenters. The molecule has 36 heavy (non-hydrogen) atoms. The van der Waals surface area contributed by atoms with Crippen LogP contribution in [-0.4, -0.2) is 74.6 Å². The van der Waals surface area contributed by atoms with E-state index in [1.807, 2.05) is 31.2 Å². The lowest BCUT2D eigenvalue weighted by Crippen LogP contribution is -2.50. The van der Waals surface area contributed by atoms with Crippen molar-refractivity contribution in [2.24, 2.45) is 11.8 Å². The lowest BCUT2D eigenvalue weighted by atomic mass is 9.84. The molecule has 0 radical (unpaired) electrons. The lowest BCUT2D eigenvalue weighted by Gasteiger charge is -2.38. The third kappa shape index (κ3) is 5.23. The van der Waals surface area contributed by atoms with E-state index in [4.69, 9.17) is 9.47 Å². The van der Waals surface area contributed by atoms with E-state index in [9.17, 15) is 18.3 Å². The highest BCUT2D eigenvalue weighted by Crippen LogP contribution is 2.37. The molecule has 2 aromatic carbocycles. The standard InChI is InChI=1S/C27H36N2O6S/c1-18-15-29(19(2)17-30)36(32,33)26-12-11-22(21-9-6-10-23(13-21)34-4)14-24(26)35-25(18)16-28(3)27(31)20-7-5-8-20/h6,9-14,18-20,25,30H,5,7-8,15-17H2,1-4H3/t18-,19+,25+/m1/s1. The maximum absolute atomic E-state index is 13.7. The predicted molar refractivity (Wildman–Crippen MR) is 137 cm³/mol. The van der Waals surface area contributed by atoms with Gasteiger partial charge in [0.05, 0.1) is 20.3 Å². The molecule has 4 rings (SSSR count). The molecular formula is C27H36N2O6S. The van der Waals surface area contributed by atoms with E-state index in [0.717, 1.165) is 30.4 Å². The van der Waals surface area contributed by atoms with Crippen molar-refractivity contribution in [2.75, 3.05) is 33.9 Å². The second kappa shape index (κ2) is 10.8. The van der Waals surface area contributed by atoms with Crippen molar-refractivity contribution < 1.29 is 27.8 Å². The smallest absolute Gasteiger partial charge is 0.247 e. The Morgan fingerprint density at radius 1 is 1.22 bits per heavy atom. The molecule has 0 aromatic heterocycles. The van der Waals surface area contributed by atoms with E-state index in [-0.39, 0.29) is 41.5 Å². The number of rotatable bonds is 7. The number of methoxy groups -OCH3 is 1. The number of aliphatic hydroxyl groups excluding tert-OH is 1. The van der Waals surface area contributed by atoms with Gasteiger partial charge in [-0.25, -0.2) is 8.42 Å². The summed E-state index contributed by atoms with van der Waals surface area (Å²) in [5.41, 5.74) is 1.65. The summed E-state index contributed by atoms with van der Waals surface area (Å²) in [6.45, 7) is 3.85. The third-order valence-corrected chi connectivity index (χ3v) is 9.37. The van der Waals surface area contributed by atoms with E-state index in [1.54, 1.807) is 44.2 Å². The zero-order valence-electron chi connectivity index (χ0n) is 21.4. The molecule has 2 aromatic rings. The van der Waals surface area contributed by atoms with Gasteiger partial charge in [0, 0.05) is 31.5 Å². The Labute approximate surface area is 213 Å². The highest BCUT2D eigenvalue weighted by Gasteiger charge is 2.39. The number of hydrogen-bond acceptors (Lipinski definition) is 6. The Balaban J connectivity index is 1.75. The maximum atomic E-state index is 13.7. The van der Waals surface area contributed by atoms with Crippen LogP contribution in [0.4, 0.5) is 0 Å². The zero-order chi connectivity index (χ0) is 26.0. The molecule has 0 spiro atoms. The number of sulfonamides is 1. The number of ether oxygens (including phenoxy) is 2. The molecule has 0 unspecified atom stereocenters. The van der Waals surface area contributed by atoms with Crippen LogP contribution in [0.5, 0.6) is 11.5 Å². The van der Waals surface area contributed by atoms with Gasteiger partial charge in [-0.3, -0.25) is 4.79 Å². The minimum atomic E-state index is -3.93. The summed E-state index contributed by atoms with van der Waals surface area (Å²) in [5.74, 6) is 0.888. The van der Waals surface area contributed by atoms with E-state index < -0.39 is 22.2 Å². The number of likely N-dealkylation sites (N-methyl/N-ethyl adjacent to an activating group) is 1. The largest absolute Gasteiger partial charge is 0.497 e. The Morgan fingerprint density at radius 2 is 1.94 bits per heavy atom. The van der Waals surface area contributed by atoms with Crippen molar-refractivity contribution in [3.8, 4) is 22.6 Å². The average molecular weight is 517 g/mol. The van der Waals surface area contributed by atoms with Crippen molar-refractivity contribution >= 4 is 15.9 Å². The van der Waals surface area contributed by atoms with Crippen LogP contribution in [0.15, 0.2) is 47.4 Å². The Morgan fingerprint density at radius 3 is 2.58 bits per heavy atom. The van der Waals surface area contributed by atoms with Crippen molar-refractivity contribution in [2.45, 2.75) is 50.2 Å². The molecule has 2 aliphatic rings. The predicted octanol–water partition coefficient (Wildman–Crippen LogP) is 3.39. The second-order valence-corrected chi connectivity index (χ2v) is 11.8. The monoisotopic (exact) mass is 516 g/mol.